The molecule has 0 spiro atoms. The average molecular weight is 374 g/mol. The fourth-order valence-electron chi connectivity index (χ4n) is 4.86. The predicted octanol–water partition coefficient (Wildman–Crippen LogP) is 2.85. The Morgan fingerprint density at radius 3 is 2.52 bits per heavy atom. The molecule has 0 amide bonds. The summed E-state index contributed by atoms with van der Waals surface area (Å²) in [5.41, 5.74) is 1.29. The Hall–Kier alpha value is -1.30. The lowest BCUT2D eigenvalue weighted by Crippen LogP contribution is -2.53. The monoisotopic (exact) mass is 373 g/mol. The summed E-state index contributed by atoms with van der Waals surface area (Å²) >= 11 is 0. The van der Waals surface area contributed by atoms with E-state index in [9.17, 15) is 0 Å². The predicted molar refractivity (Wildman–Crippen MR) is 110 cm³/mol. The molecule has 3 aliphatic heterocycles. The summed E-state index contributed by atoms with van der Waals surface area (Å²) in [6, 6.07) is 9.23. The normalized spacial score (nSPS) is 26.3. The molecule has 5 nitrogen and oxygen atoms in total. The molecule has 5 heteroatoms. The number of hydrogen-bond donors (Lipinski definition) is 0. The molecule has 0 aliphatic carbocycles. The van der Waals surface area contributed by atoms with Gasteiger partial charge >= 0.3 is 0 Å². The van der Waals surface area contributed by atoms with E-state index < -0.39 is 0 Å². The Balaban J connectivity index is 1.21. The third-order valence-electron chi connectivity index (χ3n) is 6.54. The zero-order valence-electron chi connectivity index (χ0n) is 16.8. The number of ether oxygens (including phenoxy) is 2. The molecule has 3 fully saturated rings. The summed E-state index contributed by atoms with van der Waals surface area (Å²) in [6.07, 6.45) is 6.96. The van der Waals surface area contributed by atoms with Gasteiger partial charge in [-0.15, -0.1) is 0 Å². The second-order valence-electron chi connectivity index (χ2n) is 8.24. The fraction of sp³-hybridized carbons (Fsp3) is 0.727. The molecule has 1 atom stereocenters. The van der Waals surface area contributed by atoms with Gasteiger partial charge in [-0.1, -0.05) is 6.07 Å². The molecule has 3 saturated heterocycles. The summed E-state index contributed by atoms with van der Waals surface area (Å²) in [5, 5.41) is 0. The average Bonchev–Trinajstić information content (AvgIpc) is 2.75. The van der Waals surface area contributed by atoms with Crippen LogP contribution in [0.3, 0.4) is 0 Å². The highest BCUT2D eigenvalue weighted by Gasteiger charge is 2.28. The molecule has 4 rings (SSSR count). The van der Waals surface area contributed by atoms with E-state index >= 15 is 0 Å². The van der Waals surface area contributed by atoms with Crippen molar-refractivity contribution < 1.29 is 9.47 Å². The number of piperazine rings is 1. The first-order valence-corrected chi connectivity index (χ1v) is 10.8. The fourth-order valence-corrected chi connectivity index (χ4v) is 4.86. The van der Waals surface area contributed by atoms with E-state index in [1.165, 1.54) is 64.0 Å². The van der Waals surface area contributed by atoms with Gasteiger partial charge in [0.1, 0.15) is 5.75 Å². The van der Waals surface area contributed by atoms with Crippen LogP contribution in [0.5, 0.6) is 5.75 Å². The highest BCUT2D eigenvalue weighted by molar-refractivity contribution is 5.51. The van der Waals surface area contributed by atoms with Gasteiger partial charge in [0, 0.05) is 57.1 Å². The van der Waals surface area contributed by atoms with Gasteiger partial charge in [0.05, 0.1) is 13.2 Å². The zero-order valence-corrected chi connectivity index (χ0v) is 16.8. The largest absolute Gasteiger partial charge is 0.497 e. The van der Waals surface area contributed by atoms with E-state index in [0.717, 1.165) is 38.0 Å². The van der Waals surface area contributed by atoms with Crippen molar-refractivity contribution in [1.29, 1.82) is 0 Å². The number of benzene rings is 1. The number of piperidine rings is 1. The third kappa shape index (κ3) is 4.95. The van der Waals surface area contributed by atoms with E-state index in [-0.39, 0.29) is 0 Å². The lowest BCUT2D eigenvalue weighted by Gasteiger charge is -2.44. The molecule has 1 aromatic carbocycles. The van der Waals surface area contributed by atoms with Crippen molar-refractivity contribution in [3.63, 3.8) is 0 Å². The topological polar surface area (TPSA) is 28.2 Å². The summed E-state index contributed by atoms with van der Waals surface area (Å²) in [5.74, 6) is 0.948. The maximum absolute atomic E-state index is 5.93. The first-order chi connectivity index (χ1) is 13.3. The molecule has 3 aliphatic rings. The SMILES string of the molecule is COc1cccc(N2CCN(C3CCN(C[C@@H]4CCCCO4)CC3)CC2)c1. The number of anilines is 1. The Morgan fingerprint density at radius 1 is 1.00 bits per heavy atom. The van der Waals surface area contributed by atoms with Crippen molar-refractivity contribution in [2.75, 3.05) is 64.4 Å². The van der Waals surface area contributed by atoms with Crippen LogP contribution in [0.25, 0.3) is 0 Å². The third-order valence-corrected chi connectivity index (χ3v) is 6.54. The van der Waals surface area contributed by atoms with Gasteiger partial charge in [0.2, 0.25) is 0 Å². The van der Waals surface area contributed by atoms with Crippen LogP contribution in [0.4, 0.5) is 5.69 Å². The molecule has 1 aromatic rings. The van der Waals surface area contributed by atoms with Crippen molar-refractivity contribution >= 4 is 5.69 Å². The first kappa shape index (κ1) is 19.0. The van der Waals surface area contributed by atoms with Crippen LogP contribution in [0, 0.1) is 0 Å². The number of likely N-dealkylation sites (tertiary alicyclic amines) is 1. The van der Waals surface area contributed by atoms with Crippen molar-refractivity contribution in [2.45, 2.75) is 44.2 Å². The van der Waals surface area contributed by atoms with Crippen molar-refractivity contribution in [2.24, 2.45) is 0 Å². The maximum atomic E-state index is 5.93. The van der Waals surface area contributed by atoms with Crippen LogP contribution >= 0.6 is 0 Å². The molecule has 27 heavy (non-hydrogen) atoms. The number of rotatable bonds is 5. The van der Waals surface area contributed by atoms with Gasteiger partial charge in [0.25, 0.3) is 0 Å². The molecule has 0 bridgehead atoms. The first-order valence-electron chi connectivity index (χ1n) is 10.8. The smallest absolute Gasteiger partial charge is 0.120 e. The van der Waals surface area contributed by atoms with Crippen LogP contribution in [0.15, 0.2) is 24.3 Å². The van der Waals surface area contributed by atoms with E-state index in [0.29, 0.717) is 6.10 Å². The Labute approximate surface area is 164 Å². The Morgan fingerprint density at radius 2 is 1.81 bits per heavy atom. The van der Waals surface area contributed by atoms with Gasteiger partial charge in [-0.25, -0.2) is 0 Å². The maximum Gasteiger partial charge on any atom is 0.120 e. The van der Waals surface area contributed by atoms with Crippen LogP contribution in [-0.4, -0.2) is 81.5 Å². The van der Waals surface area contributed by atoms with Crippen molar-refractivity contribution in [1.82, 2.24) is 9.80 Å². The Bertz CT molecular complexity index is 575. The molecule has 150 valence electrons. The summed E-state index contributed by atoms with van der Waals surface area (Å²) < 4.78 is 11.3. The molecular formula is C22H35N3O2. The van der Waals surface area contributed by atoms with E-state index in [4.69, 9.17) is 9.47 Å². The molecule has 3 heterocycles. The van der Waals surface area contributed by atoms with Crippen LogP contribution in [-0.2, 0) is 4.74 Å². The second kappa shape index (κ2) is 9.26. The minimum absolute atomic E-state index is 0.488. The summed E-state index contributed by atoms with van der Waals surface area (Å²) in [6.45, 7) is 9.17. The van der Waals surface area contributed by atoms with Crippen LogP contribution in [0.1, 0.15) is 32.1 Å². The van der Waals surface area contributed by atoms with Crippen molar-refractivity contribution in [3.05, 3.63) is 24.3 Å². The Kier molecular flexibility index (Phi) is 6.53. The van der Waals surface area contributed by atoms with Gasteiger partial charge in [-0.05, 0) is 57.3 Å². The standard InChI is InChI=1S/C22H35N3O2/c1-26-21-7-4-5-20(17-21)25-14-12-24(13-15-25)19-8-10-23(11-9-19)18-22-6-2-3-16-27-22/h4-5,7,17,19,22H,2-3,6,8-16,18H2,1H3/t22-/m0/s1. The van der Waals surface area contributed by atoms with Gasteiger partial charge in [-0.3, -0.25) is 4.90 Å². The lowest BCUT2D eigenvalue weighted by molar-refractivity contribution is -0.0141. The highest BCUT2D eigenvalue weighted by atomic mass is 16.5. The van der Waals surface area contributed by atoms with E-state index in [2.05, 4.69) is 32.9 Å². The minimum atomic E-state index is 0.488. The van der Waals surface area contributed by atoms with Crippen molar-refractivity contribution in [3.8, 4) is 5.75 Å². The second-order valence-corrected chi connectivity index (χ2v) is 8.24. The van der Waals surface area contributed by atoms with Crippen LogP contribution in [0.2, 0.25) is 0 Å². The molecule has 0 aromatic heterocycles. The molecule has 0 N–H and O–H groups in total. The van der Waals surface area contributed by atoms with Crippen LogP contribution < -0.4 is 9.64 Å². The van der Waals surface area contributed by atoms with Gasteiger partial charge < -0.3 is 19.3 Å². The molecule has 0 saturated carbocycles. The lowest BCUT2D eigenvalue weighted by atomic mass is 10.0. The van der Waals surface area contributed by atoms with Gasteiger partial charge in [-0.2, -0.15) is 0 Å². The number of nitrogens with zero attached hydrogens (tertiary/aromatic N) is 3. The molecule has 0 unspecified atom stereocenters. The number of hydrogen-bond acceptors (Lipinski definition) is 5. The quantitative estimate of drug-likeness (QED) is 0.791. The number of methoxy groups -OCH3 is 1. The van der Waals surface area contributed by atoms with Gasteiger partial charge in [0.15, 0.2) is 0 Å². The molecular weight excluding hydrogens is 338 g/mol. The van der Waals surface area contributed by atoms with E-state index in [1.54, 1.807) is 7.11 Å². The minimum Gasteiger partial charge on any atom is -0.497 e. The highest BCUT2D eigenvalue weighted by Crippen LogP contribution is 2.25. The summed E-state index contributed by atoms with van der Waals surface area (Å²) in [4.78, 5) is 7.86. The molecule has 0 radical (unpaired) electrons. The summed E-state index contributed by atoms with van der Waals surface area (Å²) in [7, 11) is 1.74. The zero-order chi connectivity index (χ0) is 18.5. The van der Waals surface area contributed by atoms with E-state index in [1.807, 2.05) is 6.07 Å².